The minimum absolute atomic E-state index is 0.223. The van der Waals surface area contributed by atoms with Crippen LogP contribution in [0.5, 0.6) is 0 Å². The number of carbonyl (C=O) groups excluding carboxylic acids is 1. The molecule has 4 heteroatoms. The fourth-order valence-corrected chi connectivity index (χ4v) is 0.855. The molecule has 0 aliphatic rings. The van der Waals surface area contributed by atoms with E-state index in [0.717, 1.165) is 0 Å². The zero-order valence-electron chi connectivity index (χ0n) is 9.54. The van der Waals surface area contributed by atoms with Gasteiger partial charge in [-0.25, -0.2) is 4.79 Å². The molecule has 0 saturated carbocycles. The third-order valence-corrected chi connectivity index (χ3v) is 1.48. The van der Waals surface area contributed by atoms with E-state index in [1.165, 1.54) is 6.26 Å². The predicted octanol–water partition coefficient (Wildman–Crippen LogP) is 2.02. The van der Waals surface area contributed by atoms with Crippen LogP contribution in [0.25, 0.3) is 0 Å². The molecular formula is C11H18O4. The van der Waals surface area contributed by atoms with Gasteiger partial charge in [-0.1, -0.05) is 6.58 Å². The quantitative estimate of drug-likeness (QED) is 0.281. The maximum absolute atomic E-state index is 11.5. The van der Waals surface area contributed by atoms with Crippen molar-refractivity contribution in [2.24, 2.45) is 0 Å². The molecule has 4 nitrogen and oxygen atoms in total. The molecule has 0 atom stereocenters. The summed E-state index contributed by atoms with van der Waals surface area (Å²) in [5, 5.41) is 0. The number of rotatable bonds is 7. The van der Waals surface area contributed by atoms with Crippen LogP contribution < -0.4 is 0 Å². The Morgan fingerprint density at radius 1 is 1.13 bits per heavy atom. The van der Waals surface area contributed by atoms with Gasteiger partial charge in [-0.15, -0.1) is 0 Å². The molecule has 0 aromatic rings. The van der Waals surface area contributed by atoms with E-state index in [4.69, 9.17) is 14.2 Å². The molecule has 0 heterocycles. The van der Waals surface area contributed by atoms with Gasteiger partial charge in [-0.05, 0) is 20.8 Å². The Balaban J connectivity index is 4.57. The topological polar surface area (TPSA) is 44.8 Å². The van der Waals surface area contributed by atoms with Crippen molar-refractivity contribution in [1.82, 2.24) is 0 Å². The van der Waals surface area contributed by atoms with Gasteiger partial charge >= 0.3 is 5.97 Å². The van der Waals surface area contributed by atoms with Gasteiger partial charge in [-0.2, -0.15) is 0 Å². The first-order valence-electron chi connectivity index (χ1n) is 4.98. The van der Waals surface area contributed by atoms with Gasteiger partial charge in [0.2, 0.25) is 0 Å². The highest BCUT2D eigenvalue weighted by atomic mass is 16.5. The van der Waals surface area contributed by atoms with Crippen molar-refractivity contribution in [2.45, 2.75) is 20.8 Å². The van der Waals surface area contributed by atoms with Crippen molar-refractivity contribution in [3.8, 4) is 0 Å². The Labute approximate surface area is 90.5 Å². The first-order valence-corrected chi connectivity index (χ1v) is 4.98. The smallest absolute Gasteiger partial charge is 0.345 e. The summed E-state index contributed by atoms with van der Waals surface area (Å²) >= 11 is 0. The summed E-state index contributed by atoms with van der Waals surface area (Å²) in [6.07, 6.45) is 1.32. The normalized spacial score (nSPS) is 10.7. The zero-order valence-corrected chi connectivity index (χ0v) is 9.54. The fraction of sp³-hybridized carbons (Fsp3) is 0.545. The average Bonchev–Trinajstić information content (AvgIpc) is 2.19. The first-order chi connectivity index (χ1) is 7.17. The van der Waals surface area contributed by atoms with Gasteiger partial charge in [0.1, 0.15) is 17.6 Å². The molecule has 0 rings (SSSR count). The van der Waals surface area contributed by atoms with E-state index < -0.39 is 5.97 Å². The third-order valence-electron chi connectivity index (χ3n) is 1.48. The van der Waals surface area contributed by atoms with Crippen molar-refractivity contribution in [3.63, 3.8) is 0 Å². The van der Waals surface area contributed by atoms with Gasteiger partial charge in [0.15, 0.2) is 0 Å². The lowest BCUT2D eigenvalue weighted by Gasteiger charge is -2.10. The van der Waals surface area contributed by atoms with Gasteiger partial charge < -0.3 is 14.2 Å². The Bertz CT molecular complexity index is 223. The van der Waals surface area contributed by atoms with E-state index >= 15 is 0 Å². The maximum Gasteiger partial charge on any atom is 0.345 e. The summed E-state index contributed by atoms with van der Waals surface area (Å²) in [6.45, 7) is 10.2. The summed E-state index contributed by atoms with van der Waals surface area (Å²) in [5.41, 5.74) is 0.223. The second-order valence-corrected chi connectivity index (χ2v) is 2.56. The molecule has 0 amide bonds. The molecule has 0 aliphatic heterocycles. The lowest BCUT2D eigenvalue weighted by molar-refractivity contribution is -0.138. The molecule has 0 aromatic carbocycles. The SMILES string of the molecule is C=C(OCC)/C(=C\OCC)C(=O)OCC. The summed E-state index contributed by atoms with van der Waals surface area (Å²) in [4.78, 5) is 11.5. The van der Waals surface area contributed by atoms with Crippen molar-refractivity contribution in [2.75, 3.05) is 19.8 Å². The number of hydrogen-bond acceptors (Lipinski definition) is 4. The molecule has 0 fully saturated rings. The van der Waals surface area contributed by atoms with Crippen LogP contribution in [0.1, 0.15) is 20.8 Å². The van der Waals surface area contributed by atoms with Crippen molar-refractivity contribution < 1.29 is 19.0 Å². The van der Waals surface area contributed by atoms with Crippen LogP contribution in [-0.4, -0.2) is 25.8 Å². The Morgan fingerprint density at radius 3 is 2.20 bits per heavy atom. The summed E-state index contributed by atoms with van der Waals surface area (Å²) in [7, 11) is 0. The van der Waals surface area contributed by atoms with Gasteiger partial charge in [-0.3, -0.25) is 0 Å². The third kappa shape index (κ3) is 5.10. The number of hydrogen-bond donors (Lipinski definition) is 0. The molecule has 15 heavy (non-hydrogen) atoms. The van der Waals surface area contributed by atoms with E-state index in [1.807, 2.05) is 13.8 Å². The minimum Gasteiger partial charge on any atom is -0.500 e. The van der Waals surface area contributed by atoms with Crippen LogP contribution in [-0.2, 0) is 19.0 Å². The maximum atomic E-state index is 11.5. The van der Waals surface area contributed by atoms with Gasteiger partial charge in [0.05, 0.1) is 19.8 Å². The summed E-state index contributed by atoms with van der Waals surface area (Å²) < 4.78 is 15.0. The van der Waals surface area contributed by atoms with Gasteiger partial charge in [0.25, 0.3) is 0 Å². The number of ether oxygens (including phenoxy) is 3. The second-order valence-electron chi connectivity index (χ2n) is 2.56. The monoisotopic (exact) mass is 214 g/mol. The molecule has 0 saturated heterocycles. The Morgan fingerprint density at radius 2 is 1.73 bits per heavy atom. The van der Waals surface area contributed by atoms with Gasteiger partial charge in [0, 0.05) is 0 Å². The van der Waals surface area contributed by atoms with Crippen LogP contribution in [0, 0.1) is 0 Å². The van der Waals surface area contributed by atoms with E-state index in [-0.39, 0.29) is 11.3 Å². The molecular weight excluding hydrogens is 196 g/mol. The molecule has 0 N–H and O–H groups in total. The van der Waals surface area contributed by atoms with Crippen LogP contribution >= 0.6 is 0 Å². The van der Waals surface area contributed by atoms with Crippen molar-refractivity contribution in [1.29, 1.82) is 0 Å². The highest BCUT2D eigenvalue weighted by molar-refractivity contribution is 5.92. The standard InChI is InChI=1S/C11H18O4/c1-5-13-8-10(9(4)14-6-2)11(12)15-7-3/h8H,4-7H2,1-3H3/b10-8+. The lowest BCUT2D eigenvalue weighted by Crippen LogP contribution is -2.11. The Hall–Kier alpha value is -1.45. The summed E-state index contributed by atoms with van der Waals surface area (Å²) in [5.74, 6) is -0.214. The van der Waals surface area contributed by atoms with Crippen LogP contribution in [0.15, 0.2) is 24.2 Å². The highest BCUT2D eigenvalue weighted by Gasteiger charge is 2.15. The zero-order chi connectivity index (χ0) is 11.7. The molecule has 0 unspecified atom stereocenters. The lowest BCUT2D eigenvalue weighted by atomic mass is 10.2. The first kappa shape index (κ1) is 13.5. The minimum atomic E-state index is -0.482. The molecule has 0 aliphatic carbocycles. The van der Waals surface area contributed by atoms with Crippen LogP contribution in [0.3, 0.4) is 0 Å². The average molecular weight is 214 g/mol. The predicted molar refractivity (Wildman–Crippen MR) is 57.1 cm³/mol. The second kappa shape index (κ2) is 7.91. The molecule has 0 aromatic heterocycles. The van der Waals surface area contributed by atoms with Crippen LogP contribution in [0.2, 0.25) is 0 Å². The highest BCUT2D eigenvalue weighted by Crippen LogP contribution is 2.11. The Kier molecular flexibility index (Phi) is 7.14. The largest absolute Gasteiger partial charge is 0.500 e. The van der Waals surface area contributed by atoms with E-state index in [1.54, 1.807) is 6.92 Å². The van der Waals surface area contributed by atoms with Crippen molar-refractivity contribution in [3.05, 3.63) is 24.2 Å². The number of esters is 1. The van der Waals surface area contributed by atoms with Crippen molar-refractivity contribution >= 4 is 5.97 Å². The molecule has 86 valence electrons. The fourth-order valence-electron chi connectivity index (χ4n) is 0.855. The van der Waals surface area contributed by atoms with E-state index in [9.17, 15) is 4.79 Å². The molecule has 0 spiro atoms. The molecule has 0 radical (unpaired) electrons. The number of carbonyl (C=O) groups is 1. The summed E-state index contributed by atoms with van der Waals surface area (Å²) in [6, 6.07) is 0. The van der Waals surface area contributed by atoms with E-state index in [0.29, 0.717) is 19.8 Å². The van der Waals surface area contributed by atoms with E-state index in [2.05, 4.69) is 6.58 Å². The van der Waals surface area contributed by atoms with Crippen LogP contribution in [0.4, 0.5) is 0 Å². The molecule has 0 bridgehead atoms.